The summed E-state index contributed by atoms with van der Waals surface area (Å²) in [6.45, 7) is 0. The Hall–Kier alpha value is -2.64. The molecule has 3 rings (SSSR count). The van der Waals surface area contributed by atoms with Gasteiger partial charge < -0.3 is 4.40 Å². The van der Waals surface area contributed by atoms with Gasteiger partial charge in [0.05, 0.1) is 0 Å². The largest absolute Gasteiger partial charge is 0.435 e. The van der Waals surface area contributed by atoms with Crippen molar-refractivity contribution in [2.45, 2.75) is 19.0 Å². The predicted octanol–water partition coefficient (Wildman–Crippen LogP) is 2.44. The average Bonchev–Trinajstić information content (AvgIpc) is 3.06. The number of ketones is 1. The van der Waals surface area contributed by atoms with Crippen molar-refractivity contribution in [2.75, 3.05) is 0 Å². The lowest BCUT2D eigenvalue weighted by atomic mass is 10.1. The number of imidazole rings is 1. The maximum atomic E-state index is 12.6. The Kier molecular flexibility index (Phi) is 3.67. The zero-order valence-electron chi connectivity index (χ0n) is 12.2. The lowest BCUT2D eigenvalue weighted by Gasteiger charge is -2.05. The monoisotopic (exact) mass is 322 g/mol. The summed E-state index contributed by atoms with van der Waals surface area (Å²) in [5.41, 5.74) is 0.707. The maximum Gasteiger partial charge on any atom is 0.435 e. The quantitative estimate of drug-likeness (QED) is 0.741. The number of carbonyl (C=O) groups is 1. The number of carbonyl (C=O) groups excluding carboxylic acids is 1. The van der Waals surface area contributed by atoms with Gasteiger partial charge in [0.15, 0.2) is 5.69 Å². The number of alkyl halides is 3. The molecule has 0 aliphatic rings. The zero-order chi connectivity index (χ0) is 16.6. The van der Waals surface area contributed by atoms with Gasteiger partial charge in [0.1, 0.15) is 11.4 Å². The summed E-state index contributed by atoms with van der Waals surface area (Å²) in [6, 6.07) is 6.30. The van der Waals surface area contributed by atoms with Gasteiger partial charge in [-0.2, -0.15) is 18.3 Å². The first kappa shape index (κ1) is 15.3. The summed E-state index contributed by atoms with van der Waals surface area (Å²) < 4.78 is 40.8. The van der Waals surface area contributed by atoms with E-state index in [0.29, 0.717) is 0 Å². The van der Waals surface area contributed by atoms with Crippen LogP contribution < -0.4 is 0 Å². The van der Waals surface area contributed by atoms with Crippen LogP contribution in [0.15, 0.2) is 36.7 Å². The summed E-state index contributed by atoms with van der Waals surface area (Å²) in [6.07, 6.45) is -1.14. The Morgan fingerprint density at radius 1 is 1.22 bits per heavy atom. The predicted molar refractivity (Wildman–Crippen MR) is 75.8 cm³/mol. The van der Waals surface area contributed by atoms with Crippen LogP contribution in [0, 0.1) is 0 Å². The Bertz CT molecular complexity index is 863. The fraction of sp³-hybridized carbons (Fsp3) is 0.267. The number of pyridine rings is 1. The molecule has 0 unspecified atom stereocenters. The van der Waals surface area contributed by atoms with E-state index >= 15 is 0 Å². The molecule has 3 heterocycles. The summed E-state index contributed by atoms with van der Waals surface area (Å²) in [5, 5.41) is 3.41. The third-order valence-corrected chi connectivity index (χ3v) is 3.54. The highest BCUT2D eigenvalue weighted by Crippen LogP contribution is 2.28. The minimum absolute atomic E-state index is 0.106. The second-order valence-corrected chi connectivity index (χ2v) is 5.21. The fourth-order valence-corrected chi connectivity index (χ4v) is 2.43. The Labute approximate surface area is 129 Å². The van der Waals surface area contributed by atoms with Crippen LogP contribution in [0.3, 0.4) is 0 Å². The number of fused-ring (bicyclic) bond motifs is 1. The van der Waals surface area contributed by atoms with E-state index in [-0.39, 0.29) is 24.3 Å². The van der Waals surface area contributed by atoms with Crippen LogP contribution in [-0.2, 0) is 30.9 Å². The van der Waals surface area contributed by atoms with E-state index in [4.69, 9.17) is 0 Å². The first-order valence-electron chi connectivity index (χ1n) is 6.87. The normalized spacial score (nSPS) is 12.0. The van der Waals surface area contributed by atoms with E-state index in [1.54, 1.807) is 28.9 Å². The highest BCUT2D eigenvalue weighted by atomic mass is 19.4. The van der Waals surface area contributed by atoms with Crippen LogP contribution in [0.2, 0.25) is 0 Å². The van der Waals surface area contributed by atoms with Crippen molar-refractivity contribution in [1.82, 2.24) is 19.2 Å². The molecule has 0 saturated carbocycles. The molecule has 0 saturated heterocycles. The van der Waals surface area contributed by atoms with E-state index in [2.05, 4.69) is 10.1 Å². The molecule has 0 aliphatic carbocycles. The first-order valence-corrected chi connectivity index (χ1v) is 6.87. The van der Waals surface area contributed by atoms with E-state index in [1.807, 2.05) is 6.07 Å². The molecule has 0 fully saturated rings. The number of halogens is 3. The number of aromatic nitrogens is 4. The Morgan fingerprint density at radius 3 is 2.65 bits per heavy atom. The first-order chi connectivity index (χ1) is 10.8. The molecule has 0 N–H and O–H groups in total. The smallest absolute Gasteiger partial charge is 0.304 e. The molecule has 0 bridgehead atoms. The van der Waals surface area contributed by atoms with E-state index < -0.39 is 11.9 Å². The van der Waals surface area contributed by atoms with Gasteiger partial charge in [-0.15, -0.1) is 0 Å². The highest BCUT2D eigenvalue weighted by Gasteiger charge is 2.34. The zero-order valence-corrected chi connectivity index (χ0v) is 12.2. The molecular formula is C15H13F3N4O. The van der Waals surface area contributed by atoms with Crippen molar-refractivity contribution in [3.8, 4) is 0 Å². The van der Waals surface area contributed by atoms with E-state index in [9.17, 15) is 18.0 Å². The van der Waals surface area contributed by atoms with Gasteiger partial charge in [0.25, 0.3) is 0 Å². The van der Waals surface area contributed by atoms with Crippen LogP contribution in [0.4, 0.5) is 13.2 Å². The summed E-state index contributed by atoms with van der Waals surface area (Å²) in [4.78, 5) is 16.3. The second-order valence-electron chi connectivity index (χ2n) is 5.21. The third kappa shape index (κ3) is 3.10. The molecule has 8 heteroatoms. The molecule has 120 valence electrons. The van der Waals surface area contributed by atoms with Crippen LogP contribution >= 0.6 is 0 Å². The minimum atomic E-state index is -4.51. The highest BCUT2D eigenvalue weighted by molar-refractivity contribution is 5.82. The third-order valence-electron chi connectivity index (χ3n) is 3.54. The number of rotatable bonds is 4. The summed E-state index contributed by atoms with van der Waals surface area (Å²) >= 11 is 0. The van der Waals surface area contributed by atoms with Crippen molar-refractivity contribution < 1.29 is 18.0 Å². The number of nitrogens with zero attached hydrogens (tertiary/aromatic N) is 4. The lowest BCUT2D eigenvalue weighted by molar-refractivity contribution is -0.141. The summed E-state index contributed by atoms with van der Waals surface area (Å²) in [5.74, 6) is -0.192. The van der Waals surface area contributed by atoms with Crippen LogP contribution in [-0.4, -0.2) is 24.9 Å². The number of hydrogen-bond acceptors (Lipinski definition) is 3. The van der Waals surface area contributed by atoms with Crippen molar-refractivity contribution in [3.05, 3.63) is 53.7 Å². The fourth-order valence-electron chi connectivity index (χ4n) is 2.43. The van der Waals surface area contributed by atoms with Crippen molar-refractivity contribution in [3.63, 3.8) is 0 Å². The molecule has 0 amide bonds. The molecule has 0 aromatic carbocycles. The molecule has 0 spiro atoms. The number of Topliss-reactive ketones (excluding diaryl/α,β-unsaturated/α-hetero) is 1. The van der Waals surface area contributed by atoms with Crippen molar-refractivity contribution >= 4 is 11.4 Å². The molecular weight excluding hydrogens is 309 g/mol. The number of aryl methyl sites for hydroxylation is 1. The minimum Gasteiger partial charge on any atom is -0.304 e. The van der Waals surface area contributed by atoms with Crippen LogP contribution in [0.5, 0.6) is 0 Å². The van der Waals surface area contributed by atoms with Crippen LogP contribution in [0.1, 0.15) is 17.1 Å². The SMILES string of the molecule is Cn1nc(C(F)(F)F)cc1CC(=O)Cc1cccc2nccn12. The van der Waals surface area contributed by atoms with Crippen molar-refractivity contribution in [2.24, 2.45) is 7.05 Å². The van der Waals surface area contributed by atoms with Gasteiger partial charge in [0, 0.05) is 43.7 Å². The van der Waals surface area contributed by atoms with Gasteiger partial charge in [-0.3, -0.25) is 9.48 Å². The molecule has 0 radical (unpaired) electrons. The lowest BCUT2D eigenvalue weighted by Crippen LogP contribution is -2.12. The van der Waals surface area contributed by atoms with Gasteiger partial charge in [-0.1, -0.05) is 6.07 Å². The van der Waals surface area contributed by atoms with E-state index in [1.165, 1.54) is 7.05 Å². The molecule has 0 atom stereocenters. The van der Waals surface area contributed by atoms with E-state index in [0.717, 1.165) is 22.1 Å². The Morgan fingerprint density at radius 2 is 1.96 bits per heavy atom. The van der Waals surface area contributed by atoms with Gasteiger partial charge in [-0.25, -0.2) is 4.98 Å². The van der Waals surface area contributed by atoms with Gasteiger partial charge in [0.2, 0.25) is 0 Å². The molecule has 3 aromatic rings. The second kappa shape index (κ2) is 5.53. The molecule has 23 heavy (non-hydrogen) atoms. The summed E-state index contributed by atoms with van der Waals surface area (Å²) in [7, 11) is 1.40. The van der Waals surface area contributed by atoms with Crippen LogP contribution in [0.25, 0.3) is 5.65 Å². The van der Waals surface area contributed by atoms with Gasteiger partial charge in [-0.05, 0) is 18.2 Å². The maximum absolute atomic E-state index is 12.6. The average molecular weight is 322 g/mol. The molecule has 0 aliphatic heterocycles. The standard InChI is InChI=1S/C15H13F3N4O/c1-21-11(9-13(20-21)15(16,17)18)8-12(23)7-10-3-2-4-14-19-5-6-22(10)14/h2-6,9H,7-8H2,1H3. The molecule has 5 nitrogen and oxygen atoms in total. The molecule has 3 aromatic heterocycles. The topological polar surface area (TPSA) is 52.2 Å². The van der Waals surface area contributed by atoms with Crippen molar-refractivity contribution in [1.29, 1.82) is 0 Å². The van der Waals surface area contributed by atoms with Gasteiger partial charge >= 0.3 is 6.18 Å². The number of hydrogen-bond donors (Lipinski definition) is 0. The Balaban J connectivity index is 1.78.